The van der Waals surface area contributed by atoms with Crippen molar-refractivity contribution in [1.29, 1.82) is 0 Å². The molecule has 1 N–H and O–H groups in total. The summed E-state index contributed by atoms with van der Waals surface area (Å²) in [5.74, 6) is -0.323. The average Bonchev–Trinajstić information content (AvgIpc) is 3.10. The summed E-state index contributed by atoms with van der Waals surface area (Å²) in [5.41, 5.74) is 3.26. The number of hydrogen-bond acceptors (Lipinski definition) is 4. The van der Waals surface area contributed by atoms with Crippen LogP contribution < -0.4 is 5.32 Å². The van der Waals surface area contributed by atoms with E-state index in [1.54, 1.807) is 17.5 Å². The fraction of sp³-hybridized carbons (Fsp3) is 0.353. The number of carbonyl (C=O) groups excluding carboxylic acids is 1. The van der Waals surface area contributed by atoms with E-state index >= 15 is 0 Å². The maximum absolute atomic E-state index is 12.4. The minimum atomic E-state index is -3.61. The van der Waals surface area contributed by atoms with E-state index in [9.17, 15) is 13.2 Å². The van der Waals surface area contributed by atoms with E-state index in [1.165, 1.54) is 24.6 Å². The first-order valence-corrected chi connectivity index (χ1v) is 10.2. The van der Waals surface area contributed by atoms with E-state index in [-0.39, 0.29) is 16.7 Å². The molecule has 1 heterocycles. The van der Waals surface area contributed by atoms with E-state index < -0.39 is 10.0 Å². The largest absolute Gasteiger partial charge is 0.325 e. The first-order chi connectivity index (χ1) is 11.5. The molecule has 1 aliphatic carbocycles. The van der Waals surface area contributed by atoms with Crippen LogP contribution in [0.3, 0.4) is 0 Å². The molecule has 2 aromatic rings. The first-order valence-electron chi connectivity index (χ1n) is 7.89. The maximum atomic E-state index is 12.4. The van der Waals surface area contributed by atoms with Crippen LogP contribution in [0.15, 0.2) is 39.9 Å². The number of carbonyl (C=O) groups is 1. The summed E-state index contributed by atoms with van der Waals surface area (Å²) in [4.78, 5) is 12.3. The fourth-order valence-corrected chi connectivity index (χ4v) is 5.27. The summed E-state index contributed by atoms with van der Waals surface area (Å²) < 4.78 is 26.1. The zero-order valence-corrected chi connectivity index (χ0v) is 15.1. The lowest BCUT2D eigenvalue weighted by Gasteiger charge is -2.21. The second-order valence-corrected chi connectivity index (χ2v) is 9.11. The van der Waals surface area contributed by atoms with Crippen molar-refractivity contribution in [2.24, 2.45) is 0 Å². The van der Waals surface area contributed by atoms with Crippen LogP contribution >= 0.6 is 11.3 Å². The zero-order chi connectivity index (χ0) is 17.2. The Morgan fingerprint density at radius 1 is 1.21 bits per heavy atom. The Hall–Kier alpha value is -1.70. The lowest BCUT2D eigenvalue weighted by Crippen LogP contribution is -2.34. The van der Waals surface area contributed by atoms with E-state index in [0.29, 0.717) is 0 Å². The number of thiophene rings is 1. The molecular weight excluding hydrogens is 344 g/mol. The van der Waals surface area contributed by atoms with Gasteiger partial charge in [-0.1, -0.05) is 18.2 Å². The molecule has 3 rings (SSSR count). The van der Waals surface area contributed by atoms with Crippen LogP contribution in [-0.4, -0.2) is 32.2 Å². The summed E-state index contributed by atoms with van der Waals surface area (Å²) in [5, 5.41) is 4.58. The monoisotopic (exact) mass is 364 g/mol. The number of amides is 1. The maximum Gasteiger partial charge on any atom is 0.252 e. The molecule has 0 fully saturated rings. The van der Waals surface area contributed by atoms with Gasteiger partial charge in [0.25, 0.3) is 10.0 Å². The highest BCUT2D eigenvalue weighted by Gasteiger charge is 2.24. The predicted octanol–water partition coefficient (Wildman–Crippen LogP) is 2.89. The lowest BCUT2D eigenvalue weighted by molar-refractivity contribution is -0.116. The molecule has 0 saturated carbocycles. The fourth-order valence-electron chi connectivity index (χ4n) is 2.94. The quantitative estimate of drug-likeness (QED) is 0.887. The van der Waals surface area contributed by atoms with Gasteiger partial charge in [-0.3, -0.25) is 4.79 Å². The van der Waals surface area contributed by atoms with Gasteiger partial charge >= 0.3 is 0 Å². The molecule has 0 aliphatic heterocycles. The number of hydrogen-bond donors (Lipinski definition) is 1. The van der Waals surface area contributed by atoms with Crippen LogP contribution in [0, 0.1) is 0 Å². The molecule has 1 amide bonds. The van der Waals surface area contributed by atoms with Gasteiger partial charge in [-0.25, -0.2) is 8.42 Å². The number of benzene rings is 1. The molecule has 0 bridgehead atoms. The molecule has 1 aromatic carbocycles. The average molecular weight is 364 g/mol. The van der Waals surface area contributed by atoms with Crippen LogP contribution in [0.2, 0.25) is 0 Å². The summed E-state index contributed by atoms with van der Waals surface area (Å²) in [6.07, 6.45) is 4.28. The highest BCUT2D eigenvalue weighted by molar-refractivity contribution is 7.91. The molecule has 0 spiro atoms. The topological polar surface area (TPSA) is 66.5 Å². The van der Waals surface area contributed by atoms with E-state index in [1.807, 2.05) is 12.1 Å². The number of nitrogens with zero attached hydrogens (tertiary/aromatic N) is 1. The van der Waals surface area contributed by atoms with Crippen LogP contribution in [0.4, 0.5) is 5.69 Å². The van der Waals surface area contributed by atoms with Gasteiger partial charge in [-0.05, 0) is 54.3 Å². The Balaban J connectivity index is 1.70. The van der Waals surface area contributed by atoms with Crippen molar-refractivity contribution in [3.63, 3.8) is 0 Å². The second-order valence-electron chi connectivity index (χ2n) is 5.89. The minimum absolute atomic E-state index is 0.204. The zero-order valence-electron chi connectivity index (χ0n) is 13.5. The van der Waals surface area contributed by atoms with Crippen LogP contribution in [-0.2, 0) is 27.7 Å². The summed E-state index contributed by atoms with van der Waals surface area (Å²) in [6, 6.07) is 9.14. The molecule has 0 radical (unpaired) electrons. The second kappa shape index (κ2) is 7.04. The molecule has 128 valence electrons. The van der Waals surface area contributed by atoms with Gasteiger partial charge in [0, 0.05) is 12.7 Å². The van der Waals surface area contributed by atoms with Gasteiger partial charge in [-0.15, -0.1) is 11.3 Å². The van der Waals surface area contributed by atoms with Gasteiger partial charge in [0.2, 0.25) is 5.91 Å². The number of nitrogens with one attached hydrogen (secondary N) is 1. The van der Waals surface area contributed by atoms with E-state index in [4.69, 9.17) is 0 Å². The Kier molecular flexibility index (Phi) is 5.03. The van der Waals surface area contributed by atoms with Crippen molar-refractivity contribution in [3.8, 4) is 0 Å². The third-order valence-electron chi connectivity index (χ3n) is 4.20. The predicted molar refractivity (Wildman–Crippen MR) is 95.8 cm³/mol. The normalized spacial score (nSPS) is 14.4. The number of sulfonamides is 1. The molecule has 5 nitrogen and oxygen atoms in total. The van der Waals surface area contributed by atoms with Crippen LogP contribution in [0.5, 0.6) is 0 Å². The summed E-state index contributed by atoms with van der Waals surface area (Å²) in [7, 11) is -2.18. The highest BCUT2D eigenvalue weighted by atomic mass is 32.2. The van der Waals surface area contributed by atoms with Gasteiger partial charge in [0.05, 0.1) is 6.54 Å². The van der Waals surface area contributed by atoms with Crippen molar-refractivity contribution in [2.75, 3.05) is 18.9 Å². The van der Waals surface area contributed by atoms with Crippen molar-refractivity contribution < 1.29 is 13.2 Å². The van der Waals surface area contributed by atoms with Crippen LogP contribution in [0.1, 0.15) is 24.0 Å². The Labute approximate surface area is 146 Å². The molecule has 0 atom stereocenters. The standard InChI is InChI=1S/C17H20N2O3S2/c1-19(24(21,22)17-10-5-11-23-17)12-16(20)18-15-9-4-7-13-6-2-3-8-14(13)15/h4-5,7,9-11H,2-3,6,8,12H2,1H3,(H,18,20). The number of rotatable bonds is 5. The van der Waals surface area contributed by atoms with Crippen molar-refractivity contribution in [3.05, 3.63) is 46.8 Å². The number of fused-ring (bicyclic) bond motifs is 1. The summed E-state index contributed by atoms with van der Waals surface area (Å²) >= 11 is 1.15. The van der Waals surface area contributed by atoms with E-state index in [0.717, 1.165) is 40.6 Å². The van der Waals surface area contributed by atoms with Crippen LogP contribution in [0.25, 0.3) is 0 Å². The third kappa shape index (κ3) is 3.53. The molecule has 24 heavy (non-hydrogen) atoms. The lowest BCUT2D eigenvalue weighted by atomic mass is 9.90. The number of likely N-dealkylation sites (N-methyl/N-ethyl adjacent to an activating group) is 1. The van der Waals surface area contributed by atoms with Crippen molar-refractivity contribution >= 4 is 33.0 Å². The summed E-state index contributed by atoms with van der Waals surface area (Å²) in [6.45, 7) is -0.204. The number of anilines is 1. The molecule has 0 unspecified atom stereocenters. The van der Waals surface area contributed by atoms with Gasteiger partial charge in [-0.2, -0.15) is 4.31 Å². The minimum Gasteiger partial charge on any atom is -0.325 e. The van der Waals surface area contributed by atoms with Gasteiger partial charge < -0.3 is 5.32 Å². The Bertz CT molecular complexity index is 830. The molecule has 0 saturated heterocycles. The Morgan fingerprint density at radius 2 is 2.00 bits per heavy atom. The third-order valence-corrected chi connectivity index (χ3v) is 7.37. The number of aryl methyl sites for hydroxylation is 1. The van der Waals surface area contributed by atoms with Crippen molar-refractivity contribution in [2.45, 2.75) is 29.9 Å². The van der Waals surface area contributed by atoms with Gasteiger partial charge in [0.15, 0.2) is 0 Å². The first kappa shape index (κ1) is 17.1. The van der Waals surface area contributed by atoms with Crippen molar-refractivity contribution in [1.82, 2.24) is 4.31 Å². The molecule has 1 aliphatic rings. The highest BCUT2D eigenvalue weighted by Crippen LogP contribution is 2.28. The molecule has 1 aromatic heterocycles. The molecular formula is C17H20N2O3S2. The smallest absolute Gasteiger partial charge is 0.252 e. The Morgan fingerprint density at radius 3 is 2.75 bits per heavy atom. The van der Waals surface area contributed by atoms with E-state index in [2.05, 4.69) is 11.4 Å². The SMILES string of the molecule is CN(CC(=O)Nc1cccc2c1CCCC2)S(=O)(=O)c1cccs1. The molecule has 7 heteroatoms. The van der Waals surface area contributed by atoms with Gasteiger partial charge in [0.1, 0.15) is 4.21 Å².